The Morgan fingerprint density at radius 2 is 2.10 bits per heavy atom. The predicted octanol–water partition coefficient (Wildman–Crippen LogP) is 5.30. The molecule has 0 radical (unpaired) electrons. The molecule has 0 saturated heterocycles. The van der Waals surface area contributed by atoms with Crippen LogP contribution < -0.4 is 5.56 Å². The topological polar surface area (TPSA) is 44.1 Å². The first kappa shape index (κ1) is 20.6. The van der Waals surface area contributed by atoms with Crippen molar-refractivity contribution in [2.75, 3.05) is 5.75 Å². The molecule has 1 aromatic carbocycles. The van der Waals surface area contributed by atoms with Gasteiger partial charge in [0, 0.05) is 23.6 Å². The minimum Gasteiger partial charge on any atom is -0.372 e. The van der Waals surface area contributed by atoms with Gasteiger partial charge in [-0.25, -0.2) is 4.98 Å². The number of aromatic nitrogens is 2. The van der Waals surface area contributed by atoms with Crippen LogP contribution in [-0.2, 0) is 30.7 Å². The summed E-state index contributed by atoms with van der Waals surface area (Å²) >= 11 is 3.33. The fraction of sp³-hybridized carbons (Fsp3) is 0.478. The Kier molecular flexibility index (Phi) is 6.42. The number of nitrogens with zero attached hydrogens (tertiary/aromatic N) is 2. The van der Waals surface area contributed by atoms with Gasteiger partial charge < -0.3 is 4.74 Å². The number of thioether (sulfide) groups is 1. The van der Waals surface area contributed by atoms with Crippen LogP contribution in [0.3, 0.4) is 0 Å². The lowest BCUT2D eigenvalue weighted by molar-refractivity contribution is 0.00200. The predicted molar refractivity (Wildman–Crippen MR) is 122 cm³/mol. The Hall–Kier alpha value is -1.63. The molecule has 154 valence electrons. The molecule has 4 nitrogen and oxygen atoms in total. The second-order valence-electron chi connectivity index (χ2n) is 7.92. The van der Waals surface area contributed by atoms with E-state index in [9.17, 15) is 4.79 Å². The summed E-state index contributed by atoms with van der Waals surface area (Å²) in [5.41, 5.74) is 2.53. The maximum Gasteiger partial charge on any atom is 0.263 e. The van der Waals surface area contributed by atoms with Crippen molar-refractivity contribution >= 4 is 33.3 Å². The van der Waals surface area contributed by atoms with E-state index in [4.69, 9.17) is 9.72 Å². The van der Waals surface area contributed by atoms with Crippen LogP contribution in [0.4, 0.5) is 0 Å². The van der Waals surface area contributed by atoms with Crippen molar-refractivity contribution in [2.24, 2.45) is 5.92 Å². The van der Waals surface area contributed by atoms with E-state index in [1.54, 1.807) is 23.1 Å². The third-order valence-electron chi connectivity index (χ3n) is 5.44. The highest BCUT2D eigenvalue weighted by molar-refractivity contribution is 7.99. The lowest BCUT2D eigenvalue weighted by Crippen LogP contribution is -2.29. The van der Waals surface area contributed by atoms with E-state index in [1.165, 1.54) is 16.0 Å². The first-order chi connectivity index (χ1) is 14.1. The first-order valence-electron chi connectivity index (χ1n) is 10.4. The van der Waals surface area contributed by atoms with E-state index >= 15 is 0 Å². The quantitative estimate of drug-likeness (QED) is 0.378. The zero-order valence-electron chi connectivity index (χ0n) is 17.3. The van der Waals surface area contributed by atoms with Gasteiger partial charge in [0.25, 0.3) is 5.56 Å². The summed E-state index contributed by atoms with van der Waals surface area (Å²) < 4.78 is 7.94. The van der Waals surface area contributed by atoms with Crippen LogP contribution in [0.25, 0.3) is 10.2 Å². The average Bonchev–Trinajstić information content (AvgIpc) is 3.10. The molecule has 0 bridgehead atoms. The maximum atomic E-state index is 13.6. The molecule has 2 aromatic heterocycles. The van der Waals surface area contributed by atoms with Crippen LogP contribution in [0, 0.1) is 5.92 Å². The number of ether oxygens (including phenoxy) is 1. The molecule has 0 aliphatic carbocycles. The molecular weight excluding hydrogens is 400 g/mol. The average molecular weight is 429 g/mol. The third kappa shape index (κ3) is 4.30. The lowest BCUT2D eigenvalue weighted by Gasteiger charge is -2.26. The van der Waals surface area contributed by atoms with E-state index in [-0.39, 0.29) is 11.7 Å². The van der Waals surface area contributed by atoms with Gasteiger partial charge in [-0.05, 0) is 29.9 Å². The second-order valence-corrected chi connectivity index (χ2v) is 10.1. The zero-order valence-corrected chi connectivity index (χ0v) is 18.9. The van der Waals surface area contributed by atoms with Crippen LogP contribution in [0.1, 0.15) is 43.2 Å². The van der Waals surface area contributed by atoms with Gasteiger partial charge in [-0.2, -0.15) is 0 Å². The van der Waals surface area contributed by atoms with Crippen LogP contribution in [0.5, 0.6) is 0 Å². The summed E-state index contributed by atoms with van der Waals surface area (Å²) in [4.78, 5) is 20.6. The Morgan fingerprint density at radius 1 is 1.31 bits per heavy atom. The van der Waals surface area contributed by atoms with Gasteiger partial charge >= 0.3 is 0 Å². The Balaban J connectivity index is 1.76. The van der Waals surface area contributed by atoms with Gasteiger partial charge in [-0.15, -0.1) is 11.3 Å². The highest BCUT2D eigenvalue weighted by Crippen LogP contribution is 2.36. The summed E-state index contributed by atoms with van der Waals surface area (Å²) in [7, 11) is 0. The van der Waals surface area contributed by atoms with Gasteiger partial charge in [0.15, 0.2) is 5.16 Å². The standard InChI is InChI=1S/C23H28N2O2S2/c1-4-12-28-23-24-21-20(17-13-18(15(2)3)27-14-19(17)29-21)22(26)25(23)11-10-16-8-6-5-7-9-16/h5-9,15,18H,4,10-14H2,1-3H3/t18-/m0/s1. The fourth-order valence-corrected chi connectivity index (χ4v) is 5.80. The molecule has 0 fully saturated rings. The van der Waals surface area contributed by atoms with Gasteiger partial charge in [0.2, 0.25) is 0 Å². The highest BCUT2D eigenvalue weighted by Gasteiger charge is 2.28. The van der Waals surface area contributed by atoms with Crippen molar-refractivity contribution < 1.29 is 4.74 Å². The second kappa shape index (κ2) is 9.02. The van der Waals surface area contributed by atoms with Crippen LogP contribution in [-0.4, -0.2) is 21.4 Å². The van der Waals surface area contributed by atoms with E-state index in [1.807, 2.05) is 22.8 Å². The van der Waals surface area contributed by atoms with Crippen molar-refractivity contribution in [3.8, 4) is 0 Å². The molecule has 3 heterocycles. The van der Waals surface area contributed by atoms with Gasteiger partial charge in [-0.1, -0.05) is 62.9 Å². The molecule has 0 amide bonds. The SMILES string of the molecule is CCCSc1nc2sc3c(c2c(=O)n1CCc1ccccc1)C[C@@H](C(C)C)OC3. The number of aryl methyl sites for hydroxylation is 1. The smallest absolute Gasteiger partial charge is 0.263 e. The Labute approximate surface area is 180 Å². The van der Waals surface area contributed by atoms with E-state index in [2.05, 4.69) is 32.9 Å². The molecule has 1 aliphatic rings. The highest BCUT2D eigenvalue weighted by atomic mass is 32.2. The molecule has 1 atom stereocenters. The number of rotatable bonds is 7. The summed E-state index contributed by atoms with van der Waals surface area (Å²) in [5.74, 6) is 1.40. The first-order valence-corrected chi connectivity index (χ1v) is 12.2. The molecule has 0 unspecified atom stereocenters. The molecule has 0 saturated carbocycles. The van der Waals surface area contributed by atoms with Crippen molar-refractivity contribution in [3.05, 3.63) is 56.7 Å². The number of hydrogen-bond acceptors (Lipinski definition) is 5. The summed E-state index contributed by atoms with van der Waals surface area (Å²) in [6, 6.07) is 10.4. The number of hydrogen-bond donors (Lipinski definition) is 0. The molecule has 1 aliphatic heterocycles. The van der Waals surface area contributed by atoms with Gasteiger partial charge in [-0.3, -0.25) is 9.36 Å². The van der Waals surface area contributed by atoms with Crippen molar-refractivity contribution in [2.45, 2.75) is 64.4 Å². The molecule has 0 spiro atoms. The van der Waals surface area contributed by atoms with Crippen molar-refractivity contribution in [1.29, 1.82) is 0 Å². The molecule has 3 aromatic rings. The van der Waals surface area contributed by atoms with Crippen LogP contribution in [0.15, 0.2) is 40.3 Å². The maximum absolute atomic E-state index is 13.6. The van der Waals surface area contributed by atoms with E-state index in [0.29, 0.717) is 19.1 Å². The zero-order chi connectivity index (χ0) is 20.4. The van der Waals surface area contributed by atoms with Crippen LogP contribution >= 0.6 is 23.1 Å². The lowest BCUT2D eigenvalue weighted by atomic mass is 9.96. The summed E-state index contributed by atoms with van der Waals surface area (Å²) in [5, 5.41) is 1.67. The van der Waals surface area contributed by atoms with E-state index in [0.717, 1.165) is 40.4 Å². The minimum absolute atomic E-state index is 0.117. The molecule has 4 rings (SSSR count). The summed E-state index contributed by atoms with van der Waals surface area (Å²) in [6.07, 6.45) is 2.87. The van der Waals surface area contributed by atoms with Gasteiger partial charge in [0.1, 0.15) is 4.83 Å². The van der Waals surface area contributed by atoms with Crippen molar-refractivity contribution in [3.63, 3.8) is 0 Å². The third-order valence-corrected chi connectivity index (χ3v) is 7.72. The fourth-order valence-electron chi connectivity index (χ4n) is 3.76. The number of fused-ring (bicyclic) bond motifs is 3. The van der Waals surface area contributed by atoms with Crippen molar-refractivity contribution in [1.82, 2.24) is 9.55 Å². The molecule has 29 heavy (non-hydrogen) atoms. The largest absolute Gasteiger partial charge is 0.372 e. The Morgan fingerprint density at radius 3 is 2.83 bits per heavy atom. The number of thiophene rings is 1. The molecule has 0 N–H and O–H groups in total. The minimum atomic E-state index is 0.117. The Bertz CT molecular complexity index is 1040. The van der Waals surface area contributed by atoms with Crippen LogP contribution in [0.2, 0.25) is 0 Å². The number of benzene rings is 1. The normalized spacial score (nSPS) is 16.5. The van der Waals surface area contributed by atoms with E-state index < -0.39 is 0 Å². The monoisotopic (exact) mass is 428 g/mol. The molecule has 6 heteroatoms. The van der Waals surface area contributed by atoms with Gasteiger partial charge in [0.05, 0.1) is 18.1 Å². The molecular formula is C23H28N2O2S2. The summed E-state index contributed by atoms with van der Waals surface area (Å²) in [6.45, 7) is 7.78.